The predicted octanol–water partition coefficient (Wildman–Crippen LogP) is 3.64. The first-order chi connectivity index (χ1) is 10.7. The van der Waals surface area contributed by atoms with Gasteiger partial charge in [0, 0.05) is 16.2 Å². The number of fused-ring (bicyclic) bond motifs is 2. The van der Waals surface area contributed by atoms with Crippen molar-refractivity contribution in [3.63, 3.8) is 0 Å². The Kier molecular flexibility index (Phi) is 1.96. The quantitative estimate of drug-likeness (QED) is 0.248. The molecule has 0 amide bonds. The van der Waals surface area contributed by atoms with Gasteiger partial charge in [0.15, 0.2) is 0 Å². The Bertz CT molecular complexity index is 1310. The van der Waals surface area contributed by atoms with E-state index in [1.54, 1.807) is 24.3 Å². The van der Waals surface area contributed by atoms with Gasteiger partial charge in [-0.25, -0.2) is 9.59 Å². The van der Waals surface area contributed by atoms with Crippen molar-refractivity contribution in [3.05, 3.63) is 69.4 Å². The molecule has 2 aromatic heterocycles. The van der Waals surface area contributed by atoms with E-state index in [0.717, 1.165) is 10.8 Å². The first-order valence-corrected chi connectivity index (χ1v) is 6.87. The van der Waals surface area contributed by atoms with E-state index in [9.17, 15) is 9.59 Å². The van der Waals surface area contributed by atoms with E-state index in [1.165, 1.54) is 0 Å². The highest BCUT2D eigenvalue weighted by Crippen LogP contribution is 2.35. The molecule has 0 bridgehead atoms. The van der Waals surface area contributed by atoms with Gasteiger partial charge in [0.1, 0.15) is 11.2 Å². The molecule has 0 atom stereocenters. The first-order valence-electron chi connectivity index (χ1n) is 6.87. The van der Waals surface area contributed by atoms with Gasteiger partial charge in [-0.15, -0.1) is 0 Å². The second-order valence-corrected chi connectivity index (χ2v) is 5.31. The molecule has 4 nitrogen and oxygen atoms in total. The molecule has 2 heterocycles. The molecule has 0 aliphatic rings. The van der Waals surface area contributed by atoms with Crippen LogP contribution in [-0.4, -0.2) is 0 Å². The molecular weight excluding hydrogens is 280 g/mol. The fraction of sp³-hybridized carbons (Fsp3) is 0. The summed E-state index contributed by atoms with van der Waals surface area (Å²) >= 11 is 0. The van der Waals surface area contributed by atoms with Gasteiger partial charge in [0.2, 0.25) is 0 Å². The standard InChI is InChI=1S/C18H8O4/c19-17-11-6-3-7-13-14(11)15-12(18(20)21-13)8-9-4-1-2-5-10(9)16(15)22-17/h1-8H. The van der Waals surface area contributed by atoms with Crippen molar-refractivity contribution < 1.29 is 8.83 Å². The van der Waals surface area contributed by atoms with E-state index in [0.29, 0.717) is 32.7 Å². The lowest BCUT2D eigenvalue weighted by Gasteiger charge is -2.09. The molecule has 0 saturated heterocycles. The normalized spacial score (nSPS) is 12.0. The number of benzene rings is 3. The Hall–Kier alpha value is -3.14. The van der Waals surface area contributed by atoms with Crippen LogP contribution in [0.2, 0.25) is 0 Å². The number of rotatable bonds is 0. The third kappa shape index (κ3) is 1.27. The van der Waals surface area contributed by atoms with Crippen molar-refractivity contribution in [3.8, 4) is 0 Å². The predicted molar refractivity (Wildman–Crippen MR) is 84.7 cm³/mol. The summed E-state index contributed by atoms with van der Waals surface area (Å²) in [6, 6.07) is 14.4. The molecule has 3 aromatic carbocycles. The molecule has 5 aromatic rings. The Morgan fingerprint density at radius 1 is 0.682 bits per heavy atom. The van der Waals surface area contributed by atoms with Gasteiger partial charge in [0.05, 0.1) is 10.8 Å². The van der Waals surface area contributed by atoms with Crippen LogP contribution in [0.5, 0.6) is 0 Å². The van der Waals surface area contributed by atoms with Crippen LogP contribution in [0.4, 0.5) is 0 Å². The zero-order valence-corrected chi connectivity index (χ0v) is 11.3. The fourth-order valence-electron chi connectivity index (χ4n) is 3.18. The van der Waals surface area contributed by atoms with Crippen LogP contribution < -0.4 is 11.3 Å². The molecule has 0 N–H and O–H groups in total. The van der Waals surface area contributed by atoms with Crippen molar-refractivity contribution in [1.29, 1.82) is 0 Å². The summed E-state index contributed by atoms with van der Waals surface area (Å²) in [5.74, 6) is 0. The van der Waals surface area contributed by atoms with Gasteiger partial charge in [-0.05, 0) is 23.6 Å². The van der Waals surface area contributed by atoms with Crippen LogP contribution in [0.25, 0.3) is 43.5 Å². The summed E-state index contributed by atoms with van der Waals surface area (Å²) in [5, 5.41) is 3.80. The average Bonchev–Trinajstić information content (AvgIpc) is 2.54. The Morgan fingerprint density at radius 3 is 2.36 bits per heavy atom. The SMILES string of the molecule is O=c1oc2c3ccccc3cc3c(=O)oc4cccc1c4c32. The highest BCUT2D eigenvalue weighted by molar-refractivity contribution is 6.25. The van der Waals surface area contributed by atoms with Crippen molar-refractivity contribution >= 4 is 43.5 Å². The second-order valence-electron chi connectivity index (χ2n) is 5.31. The molecule has 0 aliphatic heterocycles. The summed E-state index contributed by atoms with van der Waals surface area (Å²) in [6.07, 6.45) is 0. The third-order valence-corrected chi connectivity index (χ3v) is 4.12. The third-order valence-electron chi connectivity index (χ3n) is 4.12. The Morgan fingerprint density at radius 2 is 1.45 bits per heavy atom. The summed E-state index contributed by atoms with van der Waals surface area (Å²) in [4.78, 5) is 24.6. The van der Waals surface area contributed by atoms with Crippen molar-refractivity contribution in [2.45, 2.75) is 0 Å². The lowest BCUT2D eigenvalue weighted by molar-refractivity contribution is 0.561. The molecule has 0 fully saturated rings. The summed E-state index contributed by atoms with van der Waals surface area (Å²) in [6.45, 7) is 0. The fourth-order valence-corrected chi connectivity index (χ4v) is 3.18. The van der Waals surface area contributed by atoms with Crippen molar-refractivity contribution in [2.24, 2.45) is 0 Å². The van der Waals surface area contributed by atoms with Gasteiger partial charge in [-0.2, -0.15) is 0 Å². The van der Waals surface area contributed by atoms with Crippen LogP contribution in [-0.2, 0) is 0 Å². The molecule has 4 heteroatoms. The smallest absolute Gasteiger partial charge is 0.344 e. The van der Waals surface area contributed by atoms with Crippen molar-refractivity contribution in [2.75, 3.05) is 0 Å². The second kappa shape index (κ2) is 3.74. The maximum absolute atomic E-state index is 12.3. The number of hydrogen-bond donors (Lipinski definition) is 0. The Labute approximate surface area is 122 Å². The van der Waals surface area contributed by atoms with Gasteiger partial charge in [-0.3, -0.25) is 0 Å². The molecular formula is C18H8O4. The van der Waals surface area contributed by atoms with Crippen LogP contribution in [0.3, 0.4) is 0 Å². The van der Waals surface area contributed by atoms with Crippen LogP contribution >= 0.6 is 0 Å². The number of hydrogen-bond acceptors (Lipinski definition) is 4. The topological polar surface area (TPSA) is 60.4 Å². The molecule has 0 spiro atoms. The molecule has 0 aliphatic carbocycles. The molecule has 0 unspecified atom stereocenters. The van der Waals surface area contributed by atoms with Gasteiger partial charge >= 0.3 is 11.3 Å². The summed E-state index contributed by atoms with van der Waals surface area (Å²) in [5.41, 5.74) is -0.00733. The highest BCUT2D eigenvalue weighted by Gasteiger charge is 2.18. The Balaban J connectivity index is 2.32. The lowest BCUT2D eigenvalue weighted by atomic mass is 9.99. The maximum Gasteiger partial charge on any atom is 0.344 e. The summed E-state index contributed by atoms with van der Waals surface area (Å²) in [7, 11) is 0. The molecule has 0 radical (unpaired) electrons. The first kappa shape index (κ1) is 11.5. The monoisotopic (exact) mass is 288 g/mol. The van der Waals surface area contributed by atoms with E-state index >= 15 is 0 Å². The minimum Gasteiger partial charge on any atom is -0.422 e. The van der Waals surface area contributed by atoms with Crippen LogP contribution in [0.15, 0.2) is 67.0 Å². The van der Waals surface area contributed by atoms with Crippen molar-refractivity contribution in [1.82, 2.24) is 0 Å². The zero-order valence-electron chi connectivity index (χ0n) is 11.3. The molecule has 104 valence electrons. The molecule has 0 saturated carbocycles. The van der Waals surface area contributed by atoms with Gasteiger partial charge in [-0.1, -0.05) is 30.3 Å². The minimum atomic E-state index is -0.426. The maximum atomic E-state index is 12.3. The largest absolute Gasteiger partial charge is 0.422 e. The minimum absolute atomic E-state index is 0.406. The molecule has 5 rings (SSSR count). The lowest BCUT2D eigenvalue weighted by Crippen LogP contribution is -2.06. The van der Waals surface area contributed by atoms with Crippen LogP contribution in [0.1, 0.15) is 0 Å². The van der Waals surface area contributed by atoms with E-state index < -0.39 is 11.3 Å². The average molecular weight is 288 g/mol. The van der Waals surface area contributed by atoms with Gasteiger partial charge in [0.25, 0.3) is 0 Å². The zero-order chi connectivity index (χ0) is 14.8. The van der Waals surface area contributed by atoms with E-state index in [2.05, 4.69) is 0 Å². The van der Waals surface area contributed by atoms with E-state index in [1.807, 2.05) is 24.3 Å². The van der Waals surface area contributed by atoms with E-state index in [-0.39, 0.29) is 0 Å². The molecule has 22 heavy (non-hydrogen) atoms. The van der Waals surface area contributed by atoms with E-state index in [4.69, 9.17) is 8.83 Å². The summed E-state index contributed by atoms with van der Waals surface area (Å²) < 4.78 is 10.9. The highest BCUT2D eigenvalue weighted by atomic mass is 16.4. The van der Waals surface area contributed by atoms with Crippen LogP contribution in [0, 0.1) is 0 Å². The van der Waals surface area contributed by atoms with Gasteiger partial charge < -0.3 is 8.83 Å².